The van der Waals surface area contributed by atoms with Crippen LogP contribution in [0.2, 0.25) is 0 Å². The molecule has 3 rings (SSSR count). The number of rotatable bonds is 3. The summed E-state index contributed by atoms with van der Waals surface area (Å²) in [7, 11) is 0. The van der Waals surface area contributed by atoms with Crippen LogP contribution in [0.15, 0.2) is 22.7 Å². The Morgan fingerprint density at radius 1 is 1.45 bits per heavy atom. The summed E-state index contributed by atoms with van der Waals surface area (Å²) in [4.78, 5) is 12.3. The van der Waals surface area contributed by atoms with E-state index in [1.54, 1.807) is 0 Å². The predicted octanol–water partition coefficient (Wildman–Crippen LogP) is 2.83. The number of carbonyl (C=O) groups excluding carboxylic acids is 1. The summed E-state index contributed by atoms with van der Waals surface area (Å²) in [5, 5.41) is 6.45. The highest BCUT2D eigenvalue weighted by Crippen LogP contribution is 2.33. The topological polar surface area (TPSA) is 41.1 Å². The average Bonchev–Trinajstić information content (AvgIpc) is 2.69. The van der Waals surface area contributed by atoms with Gasteiger partial charge in [0, 0.05) is 10.4 Å². The van der Waals surface area contributed by atoms with E-state index in [9.17, 15) is 4.79 Å². The van der Waals surface area contributed by atoms with Crippen molar-refractivity contribution < 1.29 is 4.79 Å². The standard InChI is InChI=1S/C15H19BrN2O.ClH/c1-9(11-7-17-8-11)15(19)18-14-5-2-10-6-12(16)3-4-13(10)14;/h3-4,6,9,11,14,17H,2,5,7-8H2,1H3,(H,18,19);1H. The summed E-state index contributed by atoms with van der Waals surface area (Å²) in [5.41, 5.74) is 2.65. The summed E-state index contributed by atoms with van der Waals surface area (Å²) < 4.78 is 1.12. The van der Waals surface area contributed by atoms with Crippen molar-refractivity contribution >= 4 is 34.2 Å². The van der Waals surface area contributed by atoms with E-state index in [-0.39, 0.29) is 30.3 Å². The van der Waals surface area contributed by atoms with Crippen molar-refractivity contribution in [3.05, 3.63) is 33.8 Å². The van der Waals surface area contributed by atoms with Crippen LogP contribution in [-0.4, -0.2) is 19.0 Å². The highest BCUT2D eigenvalue weighted by molar-refractivity contribution is 9.10. The molecule has 0 aromatic heterocycles. The van der Waals surface area contributed by atoms with Gasteiger partial charge in [-0.2, -0.15) is 0 Å². The van der Waals surface area contributed by atoms with E-state index < -0.39 is 0 Å². The number of hydrogen-bond donors (Lipinski definition) is 2. The van der Waals surface area contributed by atoms with Gasteiger partial charge in [0.2, 0.25) is 5.91 Å². The van der Waals surface area contributed by atoms with E-state index in [1.807, 2.05) is 6.92 Å². The van der Waals surface area contributed by atoms with E-state index in [0.29, 0.717) is 5.92 Å². The van der Waals surface area contributed by atoms with Crippen LogP contribution >= 0.6 is 28.3 Å². The normalized spacial score (nSPS) is 22.4. The molecule has 20 heavy (non-hydrogen) atoms. The Morgan fingerprint density at radius 2 is 2.20 bits per heavy atom. The second-order valence-corrected chi connectivity index (χ2v) is 6.57. The Hall–Kier alpha value is -0.580. The maximum Gasteiger partial charge on any atom is 0.223 e. The van der Waals surface area contributed by atoms with Gasteiger partial charge in [-0.1, -0.05) is 28.9 Å². The first-order chi connectivity index (χ1) is 9.15. The number of halogens is 2. The van der Waals surface area contributed by atoms with Crippen molar-refractivity contribution in [3.8, 4) is 0 Å². The second kappa shape index (κ2) is 6.46. The summed E-state index contributed by atoms with van der Waals surface area (Å²) in [6.07, 6.45) is 2.08. The number of amides is 1. The van der Waals surface area contributed by atoms with Crippen LogP contribution in [0.4, 0.5) is 0 Å². The molecule has 1 amide bonds. The molecule has 1 aromatic carbocycles. The summed E-state index contributed by atoms with van der Waals surface area (Å²) in [6, 6.07) is 6.56. The minimum atomic E-state index is 0. The molecule has 1 fully saturated rings. The molecule has 2 aliphatic rings. The number of fused-ring (bicyclic) bond motifs is 1. The van der Waals surface area contributed by atoms with E-state index in [2.05, 4.69) is 44.8 Å². The van der Waals surface area contributed by atoms with Crippen LogP contribution in [-0.2, 0) is 11.2 Å². The zero-order chi connectivity index (χ0) is 13.4. The van der Waals surface area contributed by atoms with Crippen LogP contribution in [0.1, 0.15) is 30.5 Å². The van der Waals surface area contributed by atoms with Gasteiger partial charge in [0.15, 0.2) is 0 Å². The molecule has 1 aromatic rings. The van der Waals surface area contributed by atoms with Crippen molar-refractivity contribution in [2.24, 2.45) is 11.8 Å². The fourth-order valence-electron chi connectivity index (χ4n) is 2.92. The fraction of sp³-hybridized carbons (Fsp3) is 0.533. The Labute approximate surface area is 134 Å². The lowest BCUT2D eigenvalue weighted by Gasteiger charge is -2.32. The third kappa shape index (κ3) is 3.02. The molecule has 0 spiro atoms. The highest BCUT2D eigenvalue weighted by atomic mass is 79.9. The fourth-order valence-corrected chi connectivity index (χ4v) is 3.33. The van der Waals surface area contributed by atoms with Crippen molar-refractivity contribution in [2.75, 3.05) is 13.1 Å². The van der Waals surface area contributed by atoms with Crippen LogP contribution in [0, 0.1) is 11.8 Å². The SMILES string of the molecule is CC(C(=O)NC1CCc2cc(Br)ccc21)C1CNC1.Cl. The molecule has 5 heteroatoms. The van der Waals surface area contributed by atoms with Gasteiger partial charge in [0.25, 0.3) is 0 Å². The molecule has 0 radical (unpaired) electrons. The maximum absolute atomic E-state index is 12.3. The Kier molecular flexibility index (Phi) is 5.10. The Morgan fingerprint density at radius 3 is 2.85 bits per heavy atom. The second-order valence-electron chi connectivity index (χ2n) is 5.65. The number of benzene rings is 1. The Balaban J connectivity index is 0.00000147. The van der Waals surface area contributed by atoms with Crippen molar-refractivity contribution in [3.63, 3.8) is 0 Å². The first-order valence-corrected chi connectivity index (χ1v) is 7.74. The van der Waals surface area contributed by atoms with E-state index in [4.69, 9.17) is 0 Å². The van der Waals surface area contributed by atoms with E-state index in [1.165, 1.54) is 11.1 Å². The lowest BCUT2D eigenvalue weighted by atomic mass is 9.88. The summed E-state index contributed by atoms with van der Waals surface area (Å²) >= 11 is 3.50. The van der Waals surface area contributed by atoms with Gasteiger partial charge in [-0.25, -0.2) is 0 Å². The maximum atomic E-state index is 12.3. The van der Waals surface area contributed by atoms with Crippen LogP contribution in [0.3, 0.4) is 0 Å². The number of hydrogen-bond acceptors (Lipinski definition) is 2. The van der Waals surface area contributed by atoms with Gasteiger partial charge in [0.1, 0.15) is 0 Å². The predicted molar refractivity (Wildman–Crippen MR) is 86.1 cm³/mol. The van der Waals surface area contributed by atoms with E-state index >= 15 is 0 Å². The molecular weight excluding hydrogens is 340 g/mol. The van der Waals surface area contributed by atoms with Gasteiger partial charge in [0.05, 0.1) is 6.04 Å². The number of aryl methyl sites for hydroxylation is 1. The van der Waals surface area contributed by atoms with Gasteiger partial charge in [-0.05, 0) is 55.1 Å². The lowest BCUT2D eigenvalue weighted by molar-refractivity contribution is -0.127. The van der Waals surface area contributed by atoms with Gasteiger partial charge in [-0.3, -0.25) is 4.79 Å². The van der Waals surface area contributed by atoms with Crippen molar-refractivity contribution in [2.45, 2.75) is 25.8 Å². The minimum absolute atomic E-state index is 0. The molecule has 3 nitrogen and oxygen atoms in total. The molecule has 1 aliphatic heterocycles. The average molecular weight is 360 g/mol. The summed E-state index contributed by atoms with van der Waals surface area (Å²) in [6.45, 7) is 3.99. The van der Waals surface area contributed by atoms with Gasteiger partial charge in [-0.15, -0.1) is 12.4 Å². The molecule has 110 valence electrons. The molecule has 1 saturated heterocycles. The molecule has 1 heterocycles. The monoisotopic (exact) mass is 358 g/mol. The zero-order valence-corrected chi connectivity index (χ0v) is 13.9. The molecule has 2 N–H and O–H groups in total. The lowest BCUT2D eigenvalue weighted by Crippen LogP contribution is -2.49. The quantitative estimate of drug-likeness (QED) is 0.871. The molecule has 2 atom stereocenters. The minimum Gasteiger partial charge on any atom is -0.349 e. The number of nitrogens with one attached hydrogen (secondary N) is 2. The zero-order valence-electron chi connectivity index (χ0n) is 11.5. The molecule has 0 bridgehead atoms. The molecule has 0 saturated carbocycles. The highest BCUT2D eigenvalue weighted by Gasteiger charge is 2.31. The van der Waals surface area contributed by atoms with E-state index in [0.717, 1.165) is 30.4 Å². The Bertz CT molecular complexity index is 505. The first kappa shape index (κ1) is 15.8. The molecular formula is C15H20BrClN2O. The van der Waals surface area contributed by atoms with Crippen molar-refractivity contribution in [1.82, 2.24) is 10.6 Å². The van der Waals surface area contributed by atoms with Crippen LogP contribution < -0.4 is 10.6 Å². The van der Waals surface area contributed by atoms with Crippen molar-refractivity contribution in [1.29, 1.82) is 0 Å². The third-order valence-electron chi connectivity index (χ3n) is 4.43. The smallest absolute Gasteiger partial charge is 0.223 e. The van der Waals surface area contributed by atoms with Crippen LogP contribution in [0.25, 0.3) is 0 Å². The van der Waals surface area contributed by atoms with Gasteiger partial charge >= 0.3 is 0 Å². The largest absolute Gasteiger partial charge is 0.349 e. The van der Waals surface area contributed by atoms with Gasteiger partial charge < -0.3 is 10.6 Å². The summed E-state index contributed by atoms with van der Waals surface area (Å²) in [5.74, 6) is 0.818. The van der Waals surface area contributed by atoms with Crippen LogP contribution in [0.5, 0.6) is 0 Å². The molecule has 1 aliphatic carbocycles. The third-order valence-corrected chi connectivity index (χ3v) is 4.93. The number of carbonyl (C=O) groups is 1. The first-order valence-electron chi connectivity index (χ1n) is 6.94. The molecule has 2 unspecified atom stereocenters.